The van der Waals surface area contributed by atoms with Crippen molar-refractivity contribution in [2.75, 3.05) is 6.61 Å². The molecule has 2 amide bonds. The first-order valence-corrected chi connectivity index (χ1v) is 12.1. The standard InChI is InChI=1S/C27H30N2O5/c30-25(31)14-16-12-17(13-16)28-26(32)22-10-5-11-24(22)29-27(33)34-15-23-20-8-3-1-6-18(20)19-7-2-4-9-21(19)23/h1-4,6-9,16-17,22-24H,5,10-15H2,(H,28,32)(H,29,33)(H,30,31)/t16?,17?,22-,24+/m1/s1. The Hall–Kier alpha value is -3.35. The number of aliphatic carboxylic acids is 1. The predicted octanol–water partition coefficient (Wildman–Crippen LogP) is 4.06. The highest BCUT2D eigenvalue weighted by atomic mass is 16.5. The van der Waals surface area contributed by atoms with Crippen molar-refractivity contribution in [3.63, 3.8) is 0 Å². The van der Waals surface area contributed by atoms with E-state index in [1.807, 2.05) is 24.3 Å². The molecule has 2 fully saturated rings. The molecule has 178 valence electrons. The maximum Gasteiger partial charge on any atom is 0.407 e. The molecular weight excluding hydrogens is 432 g/mol. The summed E-state index contributed by atoms with van der Waals surface area (Å²) in [5.41, 5.74) is 4.69. The van der Waals surface area contributed by atoms with Crippen LogP contribution in [0.25, 0.3) is 11.1 Å². The summed E-state index contributed by atoms with van der Waals surface area (Å²) in [4.78, 5) is 36.3. The van der Waals surface area contributed by atoms with Crippen LogP contribution in [0.4, 0.5) is 4.79 Å². The Morgan fingerprint density at radius 3 is 2.21 bits per heavy atom. The Morgan fingerprint density at radius 1 is 0.912 bits per heavy atom. The molecule has 3 N–H and O–H groups in total. The topological polar surface area (TPSA) is 105 Å². The SMILES string of the molecule is O=C(O)CC1CC(NC(=O)[C@@H]2CCC[C@@H]2NC(=O)OCC2c3ccccc3-c3ccccc32)C1. The Morgan fingerprint density at radius 2 is 1.56 bits per heavy atom. The minimum atomic E-state index is -0.794. The van der Waals surface area contributed by atoms with Crippen LogP contribution in [0.3, 0.4) is 0 Å². The van der Waals surface area contributed by atoms with Crippen LogP contribution in [0.15, 0.2) is 48.5 Å². The van der Waals surface area contributed by atoms with Gasteiger partial charge in [0.05, 0.1) is 5.92 Å². The van der Waals surface area contributed by atoms with Crippen LogP contribution in [0.5, 0.6) is 0 Å². The van der Waals surface area contributed by atoms with Gasteiger partial charge in [0.15, 0.2) is 0 Å². The first-order valence-electron chi connectivity index (χ1n) is 12.1. The lowest BCUT2D eigenvalue weighted by molar-refractivity contribution is -0.139. The third-order valence-electron chi connectivity index (χ3n) is 7.55. The third kappa shape index (κ3) is 4.52. The summed E-state index contributed by atoms with van der Waals surface area (Å²) in [7, 11) is 0. The van der Waals surface area contributed by atoms with Gasteiger partial charge in [0.2, 0.25) is 5.91 Å². The van der Waals surface area contributed by atoms with Gasteiger partial charge in [-0.1, -0.05) is 55.0 Å². The van der Waals surface area contributed by atoms with Crippen molar-refractivity contribution in [2.45, 2.75) is 56.5 Å². The van der Waals surface area contributed by atoms with Crippen LogP contribution in [0.2, 0.25) is 0 Å². The van der Waals surface area contributed by atoms with Gasteiger partial charge < -0.3 is 20.5 Å². The van der Waals surface area contributed by atoms with Gasteiger partial charge in [-0.2, -0.15) is 0 Å². The number of rotatable bonds is 7. The van der Waals surface area contributed by atoms with Gasteiger partial charge in [-0.25, -0.2) is 4.79 Å². The summed E-state index contributed by atoms with van der Waals surface area (Å²) in [5.74, 6) is -0.989. The average molecular weight is 463 g/mol. The van der Waals surface area contributed by atoms with Crippen molar-refractivity contribution in [1.29, 1.82) is 0 Å². The van der Waals surface area contributed by atoms with Gasteiger partial charge in [-0.15, -0.1) is 0 Å². The van der Waals surface area contributed by atoms with Gasteiger partial charge in [0, 0.05) is 24.4 Å². The number of ether oxygens (including phenoxy) is 1. The fourth-order valence-corrected chi connectivity index (χ4v) is 5.81. The molecule has 0 bridgehead atoms. The summed E-state index contributed by atoms with van der Waals surface area (Å²) in [6, 6.07) is 16.2. The van der Waals surface area contributed by atoms with E-state index >= 15 is 0 Å². The molecule has 2 saturated carbocycles. The number of nitrogens with one attached hydrogen (secondary N) is 2. The van der Waals surface area contributed by atoms with E-state index in [1.54, 1.807) is 0 Å². The monoisotopic (exact) mass is 462 g/mol. The van der Waals surface area contributed by atoms with E-state index in [-0.39, 0.29) is 48.8 Å². The number of carbonyl (C=O) groups is 3. The minimum Gasteiger partial charge on any atom is -0.481 e. The van der Waals surface area contributed by atoms with Crippen molar-refractivity contribution in [2.24, 2.45) is 11.8 Å². The molecule has 2 atom stereocenters. The zero-order valence-electron chi connectivity index (χ0n) is 19.0. The number of carboxylic acid groups (broad SMARTS) is 1. The second-order valence-electron chi connectivity index (χ2n) is 9.75. The third-order valence-corrected chi connectivity index (χ3v) is 7.55. The van der Waals surface area contributed by atoms with E-state index in [2.05, 4.69) is 34.9 Å². The highest BCUT2D eigenvalue weighted by Gasteiger charge is 2.38. The lowest BCUT2D eigenvalue weighted by Gasteiger charge is -2.36. The molecule has 0 heterocycles. The van der Waals surface area contributed by atoms with Crippen LogP contribution in [0, 0.1) is 11.8 Å². The maximum atomic E-state index is 12.8. The number of benzene rings is 2. The van der Waals surface area contributed by atoms with Crippen LogP contribution < -0.4 is 10.6 Å². The largest absolute Gasteiger partial charge is 0.481 e. The predicted molar refractivity (Wildman–Crippen MR) is 126 cm³/mol. The van der Waals surface area contributed by atoms with Crippen molar-refractivity contribution in [3.8, 4) is 11.1 Å². The Labute approximate surface area is 198 Å². The molecule has 0 unspecified atom stereocenters. The van der Waals surface area contributed by atoms with E-state index < -0.39 is 12.1 Å². The lowest BCUT2D eigenvalue weighted by Crippen LogP contribution is -2.50. The number of carbonyl (C=O) groups excluding carboxylic acids is 2. The van der Waals surface area contributed by atoms with Crippen molar-refractivity contribution in [1.82, 2.24) is 10.6 Å². The zero-order valence-corrected chi connectivity index (χ0v) is 19.0. The lowest BCUT2D eigenvalue weighted by atomic mass is 9.78. The van der Waals surface area contributed by atoms with Crippen molar-refractivity contribution < 1.29 is 24.2 Å². The summed E-state index contributed by atoms with van der Waals surface area (Å²) >= 11 is 0. The smallest absolute Gasteiger partial charge is 0.407 e. The van der Waals surface area contributed by atoms with Gasteiger partial charge in [0.25, 0.3) is 0 Å². The Bertz CT molecular complexity index is 1050. The second kappa shape index (κ2) is 9.49. The zero-order chi connectivity index (χ0) is 23.7. The van der Waals surface area contributed by atoms with Gasteiger partial charge in [-0.05, 0) is 53.9 Å². The normalized spacial score (nSPS) is 25.1. The molecular formula is C27H30N2O5. The molecule has 0 saturated heterocycles. The van der Waals surface area contributed by atoms with E-state index in [4.69, 9.17) is 9.84 Å². The maximum absolute atomic E-state index is 12.8. The Kier molecular flexibility index (Phi) is 6.26. The molecule has 0 aromatic heterocycles. The summed E-state index contributed by atoms with van der Waals surface area (Å²) in [6.07, 6.45) is 3.42. The molecule has 2 aromatic carbocycles. The molecule has 2 aromatic rings. The molecule has 3 aliphatic rings. The van der Waals surface area contributed by atoms with Gasteiger partial charge in [-0.3, -0.25) is 9.59 Å². The highest BCUT2D eigenvalue weighted by molar-refractivity contribution is 5.81. The summed E-state index contributed by atoms with van der Waals surface area (Å²) < 4.78 is 5.66. The molecule has 3 aliphatic carbocycles. The second-order valence-corrected chi connectivity index (χ2v) is 9.75. The van der Waals surface area contributed by atoms with Gasteiger partial charge in [0.1, 0.15) is 6.61 Å². The fraction of sp³-hybridized carbons (Fsp3) is 0.444. The number of alkyl carbamates (subject to hydrolysis) is 1. The van der Waals surface area contributed by atoms with Gasteiger partial charge >= 0.3 is 12.1 Å². The van der Waals surface area contributed by atoms with E-state index in [0.29, 0.717) is 12.8 Å². The van der Waals surface area contributed by atoms with E-state index in [9.17, 15) is 14.4 Å². The quantitative estimate of drug-likeness (QED) is 0.576. The number of amides is 2. The van der Waals surface area contributed by atoms with Crippen LogP contribution in [0.1, 0.15) is 55.6 Å². The molecule has 0 radical (unpaired) electrons. The highest BCUT2D eigenvalue weighted by Crippen LogP contribution is 2.44. The first-order chi connectivity index (χ1) is 16.5. The number of hydrogen-bond donors (Lipinski definition) is 3. The summed E-state index contributed by atoms with van der Waals surface area (Å²) in [5, 5.41) is 14.8. The minimum absolute atomic E-state index is 0.00168. The molecule has 0 aliphatic heterocycles. The molecule has 7 heteroatoms. The first kappa shape index (κ1) is 22.4. The van der Waals surface area contributed by atoms with Crippen molar-refractivity contribution >= 4 is 18.0 Å². The molecule has 7 nitrogen and oxygen atoms in total. The summed E-state index contributed by atoms with van der Waals surface area (Å²) in [6.45, 7) is 0.247. The number of fused-ring (bicyclic) bond motifs is 3. The van der Waals surface area contributed by atoms with Crippen molar-refractivity contribution in [3.05, 3.63) is 59.7 Å². The van der Waals surface area contributed by atoms with Crippen LogP contribution in [-0.2, 0) is 14.3 Å². The molecule has 5 rings (SSSR count). The number of carboxylic acids is 1. The van der Waals surface area contributed by atoms with Crippen LogP contribution >= 0.6 is 0 Å². The average Bonchev–Trinajstić information content (AvgIpc) is 3.38. The number of hydrogen-bond acceptors (Lipinski definition) is 4. The fourth-order valence-electron chi connectivity index (χ4n) is 5.81. The molecule has 34 heavy (non-hydrogen) atoms. The van der Waals surface area contributed by atoms with E-state index in [1.165, 1.54) is 11.1 Å². The molecule has 0 spiro atoms. The van der Waals surface area contributed by atoms with E-state index in [0.717, 1.165) is 30.4 Å². The van der Waals surface area contributed by atoms with Crippen LogP contribution in [-0.4, -0.2) is 41.8 Å². The Balaban J connectivity index is 1.14.